The first-order valence-electron chi connectivity index (χ1n) is 9.02. The Labute approximate surface area is 159 Å². The molecule has 0 radical (unpaired) electrons. The number of aromatic nitrogens is 2. The van der Waals surface area contributed by atoms with Gasteiger partial charge in [-0.05, 0) is 37.8 Å². The Morgan fingerprint density at radius 2 is 2.15 bits per heavy atom. The maximum atomic E-state index is 14.2. The summed E-state index contributed by atoms with van der Waals surface area (Å²) in [7, 11) is 0. The van der Waals surface area contributed by atoms with Crippen LogP contribution in [0.4, 0.5) is 4.39 Å². The van der Waals surface area contributed by atoms with Crippen LogP contribution in [0, 0.1) is 5.82 Å². The maximum Gasteiger partial charge on any atom is 0.272 e. The van der Waals surface area contributed by atoms with Crippen LogP contribution in [0.2, 0.25) is 0 Å². The number of para-hydroxylation sites is 1. The number of hydrogen-bond donors (Lipinski definition) is 2. The first-order valence-corrected chi connectivity index (χ1v) is 9.02. The molecule has 3 N–H and O–H groups in total. The highest BCUT2D eigenvalue weighted by Gasteiger charge is 2.28. The van der Waals surface area contributed by atoms with Crippen LogP contribution in [0.3, 0.4) is 0 Å². The van der Waals surface area contributed by atoms with Crippen molar-refractivity contribution >= 4 is 18.3 Å². The van der Waals surface area contributed by atoms with Gasteiger partial charge in [-0.1, -0.05) is 31.9 Å². The lowest BCUT2D eigenvalue weighted by Gasteiger charge is -2.16. The lowest BCUT2D eigenvalue weighted by Crippen LogP contribution is -2.40. The van der Waals surface area contributed by atoms with Gasteiger partial charge in [-0.3, -0.25) is 4.79 Å². The minimum absolute atomic E-state index is 0. The number of hydrogen-bond acceptors (Lipinski definition) is 3. The van der Waals surface area contributed by atoms with Gasteiger partial charge in [0.05, 0.1) is 0 Å². The number of halogens is 2. The van der Waals surface area contributed by atoms with Crippen LogP contribution >= 0.6 is 12.4 Å². The highest BCUT2D eigenvalue weighted by molar-refractivity contribution is 5.94. The smallest absolute Gasteiger partial charge is 0.272 e. The molecule has 0 aliphatic heterocycles. The Morgan fingerprint density at radius 3 is 2.85 bits per heavy atom. The van der Waals surface area contributed by atoms with E-state index in [-0.39, 0.29) is 30.2 Å². The zero-order valence-electron chi connectivity index (χ0n) is 15.0. The first-order chi connectivity index (χ1) is 12.2. The number of rotatable bonds is 7. The molecule has 1 unspecified atom stereocenters. The number of carbonyl (C=O) groups is 1. The largest absolute Gasteiger partial charge is 0.347 e. The van der Waals surface area contributed by atoms with E-state index in [2.05, 4.69) is 17.3 Å². The molecule has 0 spiro atoms. The average molecular weight is 381 g/mol. The summed E-state index contributed by atoms with van der Waals surface area (Å²) < 4.78 is 15.8. The maximum absolute atomic E-state index is 14.2. The standard InChI is InChI=1S/C19H25FN4O.ClH/c1-2-3-7-13(12-21)22-19(25)18-14-8-6-11-16(14)24(23-18)17-10-5-4-9-15(17)20;/h4-5,9-10,13H,2-3,6-8,11-12,21H2,1H3,(H,22,25);1H. The molecule has 0 bridgehead atoms. The van der Waals surface area contributed by atoms with Gasteiger partial charge in [-0.25, -0.2) is 9.07 Å². The van der Waals surface area contributed by atoms with Crippen molar-refractivity contribution in [1.82, 2.24) is 15.1 Å². The number of nitrogens with zero attached hydrogens (tertiary/aromatic N) is 2. The number of amides is 1. The summed E-state index contributed by atoms with van der Waals surface area (Å²) in [5.41, 5.74) is 8.45. The van der Waals surface area contributed by atoms with Crippen LogP contribution in [0.5, 0.6) is 0 Å². The highest BCUT2D eigenvalue weighted by atomic mass is 35.5. The van der Waals surface area contributed by atoms with Crippen molar-refractivity contribution in [3.8, 4) is 5.69 Å². The number of fused-ring (bicyclic) bond motifs is 1. The predicted octanol–water partition coefficient (Wildman–Crippen LogP) is 3.17. The molecule has 5 nitrogen and oxygen atoms in total. The van der Waals surface area contributed by atoms with E-state index < -0.39 is 0 Å². The van der Waals surface area contributed by atoms with Gasteiger partial charge in [-0.2, -0.15) is 5.10 Å². The molecule has 1 aliphatic carbocycles. The van der Waals surface area contributed by atoms with Crippen LogP contribution in [0.15, 0.2) is 24.3 Å². The lowest BCUT2D eigenvalue weighted by molar-refractivity contribution is 0.0929. The Kier molecular flexibility index (Phi) is 7.17. The average Bonchev–Trinajstić information content (AvgIpc) is 3.21. The molecular weight excluding hydrogens is 355 g/mol. The molecule has 142 valence electrons. The second-order valence-electron chi connectivity index (χ2n) is 6.54. The molecule has 7 heteroatoms. The van der Waals surface area contributed by atoms with Crippen LogP contribution in [0.25, 0.3) is 5.69 Å². The highest BCUT2D eigenvalue weighted by Crippen LogP contribution is 2.28. The Bertz CT molecular complexity index is 762. The van der Waals surface area contributed by atoms with Gasteiger partial charge < -0.3 is 11.1 Å². The molecule has 0 fully saturated rings. The predicted molar refractivity (Wildman–Crippen MR) is 103 cm³/mol. The molecule has 0 saturated heterocycles. The van der Waals surface area contributed by atoms with E-state index in [1.165, 1.54) is 6.07 Å². The van der Waals surface area contributed by atoms with Gasteiger partial charge in [-0.15, -0.1) is 12.4 Å². The van der Waals surface area contributed by atoms with Crippen molar-refractivity contribution in [1.29, 1.82) is 0 Å². The summed E-state index contributed by atoms with van der Waals surface area (Å²) in [5.74, 6) is -0.547. The van der Waals surface area contributed by atoms with Gasteiger partial charge in [0.15, 0.2) is 5.69 Å². The zero-order chi connectivity index (χ0) is 17.8. The van der Waals surface area contributed by atoms with Crippen LogP contribution in [-0.2, 0) is 12.8 Å². The van der Waals surface area contributed by atoms with E-state index in [4.69, 9.17) is 5.73 Å². The fraction of sp³-hybridized carbons (Fsp3) is 0.474. The topological polar surface area (TPSA) is 72.9 Å². The van der Waals surface area contributed by atoms with Crippen LogP contribution in [0.1, 0.15) is 54.4 Å². The van der Waals surface area contributed by atoms with Crippen LogP contribution < -0.4 is 11.1 Å². The van der Waals surface area contributed by atoms with Crippen molar-refractivity contribution < 1.29 is 9.18 Å². The van der Waals surface area contributed by atoms with E-state index in [0.29, 0.717) is 17.9 Å². The van der Waals surface area contributed by atoms with Gasteiger partial charge in [0.2, 0.25) is 0 Å². The quantitative estimate of drug-likeness (QED) is 0.774. The van der Waals surface area contributed by atoms with E-state index >= 15 is 0 Å². The number of nitrogens with one attached hydrogen (secondary N) is 1. The minimum Gasteiger partial charge on any atom is -0.347 e. The van der Waals surface area contributed by atoms with Gasteiger partial charge in [0.25, 0.3) is 5.91 Å². The number of unbranched alkanes of at least 4 members (excludes halogenated alkanes) is 1. The minimum atomic E-state index is -0.338. The van der Waals surface area contributed by atoms with Gasteiger partial charge in [0, 0.05) is 23.8 Å². The van der Waals surface area contributed by atoms with E-state index in [0.717, 1.165) is 49.8 Å². The second kappa shape index (κ2) is 9.14. The summed E-state index contributed by atoms with van der Waals surface area (Å²) >= 11 is 0. The number of carbonyl (C=O) groups excluding carboxylic acids is 1. The Hall–Kier alpha value is -1.92. The normalized spacial score (nSPS) is 13.8. The first kappa shape index (κ1) is 20.4. The van der Waals surface area contributed by atoms with E-state index in [1.54, 1.807) is 22.9 Å². The molecule has 1 aromatic heterocycles. The molecule has 1 aliphatic rings. The van der Waals surface area contributed by atoms with Crippen LogP contribution in [-0.4, -0.2) is 28.3 Å². The third kappa shape index (κ3) is 4.07. The molecule has 2 aromatic rings. The third-order valence-corrected chi connectivity index (χ3v) is 4.75. The van der Waals surface area contributed by atoms with Crippen molar-refractivity contribution in [2.75, 3.05) is 6.54 Å². The molecule has 1 atom stereocenters. The van der Waals surface area contributed by atoms with E-state index in [1.807, 2.05) is 0 Å². The summed E-state index contributed by atoms with van der Waals surface area (Å²) in [4.78, 5) is 12.7. The summed E-state index contributed by atoms with van der Waals surface area (Å²) in [5, 5.41) is 7.45. The van der Waals surface area contributed by atoms with Gasteiger partial charge >= 0.3 is 0 Å². The van der Waals surface area contributed by atoms with Crippen molar-refractivity contribution in [3.63, 3.8) is 0 Å². The molecule has 1 aromatic carbocycles. The number of nitrogens with two attached hydrogens (primary N) is 1. The van der Waals surface area contributed by atoms with Crippen molar-refractivity contribution in [2.24, 2.45) is 5.73 Å². The Morgan fingerprint density at radius 1 is 1.38 bits per heavy atom. The monoisotopic (exact) mass is 380 g/mol. The molecule has 3 rings (SSSR count). The Balaban J connectivity index is 0.00000243. The summed E-state index contributed by atoms with van der Waals surface area (Å²) in [6, 6.07) is 6.47. The fourth-order valence-corrected chi connectivity index (χ4v) is 3.40. The van der Waals surface area contributed by atoms with E-state index in [9.17, 15) is 9.18 Å². The molecule has 0 saturated carbocycles. The SMILES string of the molecule is CCCCC(CN)NC(=O)c1nn(-c2ccccc2F)c2c1CCC2.Cl. The number of benzene rings is 1. The molecular formula is C19H26ClFN4O. The van der Waals surface area contributed by atoms with Crippen molar-refractivity contribution in [2.45, 2.75) is 51.5 Å². The molecule has 1 amide bonds. The summed E-state index contributed by atoms with van der Waals surface area (Å²) in [6.45, 7) is 2.51. The van der Waals surface area contributed by atoms with Gasteiger partial charge in [0.1, 0.15) is 11.5 Å². The van der Waals surface area contributed by atoms with Crippen molar-refractivity contribution in [3.05, 3.63) is 47.0 Å². The zero-order valence-corrected chi connectivity index (χ0v) is 15.8. The third-order valence-electron chi connectivity index (χ3n) is 4.75. The lowest BCUT2D eigenvalue weighted by atomic mass is 10.1. The molecule has 26 heavy (non-hydrogen) atoms. The fourth-order valence-electron chi connectivity index (χ4n) is 3.40. The molecule has 1 heterocycles. The second-order valence-corrected chi connectivity index (χ2v) is 6.54. The summed E-state index contributed by atoms with van der Waals surface area (Å²) in [6.07, 6.45) is 5.50.